The molecule has 1 aliphatic rings. The Bertz CT molecular complexity index is 556. The summed E-state index contributed by atoms with van der Waals surface area (Å²) in [5.41, 5.74) is 2.00. The van der Waals surface area contributed by atoms with Gasteiger partial charge < -0.3 is 14.8 Å². The fourth-order valence-corrected chi connectivity index (χ4v) is 2.72. The molecule has 1 aromatic carbocycles. The van der Waals surface area contributed by atoms with Gasteiger partial charge in [-0.3, -0.25) is 4.79 Å². The monoisotopic (exact) mass is 305 g/mol. The number of carbonyl (C=O) groups excluding carboxylic acids is 2. The van der Waals surface area contributed by atoms with Crippen LogP contribution in [-0.4, -0.2) is 31.2 Å². The van der Waals surface area contributed by atoms with E-state index in [0.717, 1.165) is 31.2 Å². The summed E-state index contributed by atoms with van der Waals surface area (Å²) in [4.78, 5) is 23.5. The maximum absolute atomic E-state index is 12.3. The van der Waals surface area contributed by atoms with Crippen LogP contribution in [0, 0.1) is 6.92 Å². The van der Waals surface area contributed by atoms with Gasteiger partial charge in [-0.25, -0.2) is 4.79 Å². The molecule has 120 valence electrons. The Kier molecular flexibility index (Phi) is 5.55. The molecule has 1 aromatic rings. The van der Waals surface area contributed by atoms with Gasteiger partial charge in [-0.2, -0.15) is 0 Å². The summed E-state index contributed by atoms with van der Waals surface area (Å²) in [5, 5.41) is 2.72. The van der Waals surface area contributed by atoms with Crippen molar-refractivity contribution in [3.63, 3.8) is 0 Å². The fourth-order valence-electron chi connectivity index (χ4n) is 2.72. The molecule has 2 rings (SSSR count). The molecule has 1 N–H and O–H groups in total. The Morgan fingerprint density at radius 3 is 2.64 bits per heavy atom. The van der Waals surface area contributed by atoms with Crippen LogP contribution in [-0.2, 0) is 14.3 Å². The number of aryl methyl sites for hydroxylation is 1. The molecule has 5 nitrogen and oxygen atoms in total. The largest absolute Gasteiger partial charge is 0.459 e. The molecule has 1 fully saturated rings. The molecule has 0 aromatic heterocycles. The van der Waals surface area contributed by atoms with E-state index < -0.39 is 0 Å². The average molecular weight is 305 g/mol. The minimum Gasteiger partial charge on any atom is -0.459 e. The second-order valence-electron chi connectivity index (χ2n) is 5.76. The van der Waals surface area contributed by atoms with Crippen LogP contribution in [0.15, 0.2) is 18.2 Å². The van der Waals surface area contributed by atoms with E-state index in [4.69, 9.17) is 9.47 Å². The number of nitrogens with one attached hydrogen (secondary N) is 1. The number of carbonyl (C=O) groups is 2. The number of hydrogen-bond donors (Lipinski definition) is 1. The molecule has 5 heteroatoms. The van der Waals surface area contributed by atoms with Gasteiger partial charge in [0.15, 0.2) is 0 Å². The van der Waals surface area contributed by atoms with E-state index in [9.17, 15) is 9.59 Å². The van der Waals surface area contributed by atoms with Crippen molar-refractivity contribution >= 4 is 17.6 Å². The zero-order valence-corrected chi connectivity index (χ0v) is 13.3. The molecule has 0 radical (unpaired) electrons. The van der Waals surface area contributed by atoms with Crippen molar-refractivity contribution in [1.82, 2.24) is 0 Å². The Hall–Kier alpha value is -1.88. The second-order valence-corrected chi connectivity index (χ2v) is 5.76. The Balaban J connectivity index is 2.04. The van der Waals surface area contributed by atoms with Crippen molar-refractivity contribution in [3.8, 4) is 0 Å². The molecule has 0 saturated heterocycles. The van der Waals surface area contributed by atoms with Gasteiger partial charge in [-0.05, 0) is 43.9 Å². The number of benzene rings is 1. The van der Waals surface area contributed by atoms with Gasteiger partial charge in [0.2, 0.25) is 5.91 Å². The number of rotatable bonds is 4. The predicted octanol–water partition coefficient (Wildman–Crippen LogP) is 3.07. The van der Waals surface area contributed by atoms with Gasteiger partial charge in [-0.1, -0.05) is 6.07 Å². The molecule has 1 aliphatic carbocycles. The summed E-state index contributed by atoms with van der Waals surface area (Å²) in [6, 6.07) is 5.19. The van der Waals surface area contributed by atoms with Crippen LogP contribution < -0.4 is 5.32 Å². The standard InChI is InChI=1S/C17H23NO4/c1-11-7-8-13(9-16(11)18-12(2)19)17(20)22-15-6-4-5-14(10-15)21-3/h7-9,14-15H,4-6,10H2,1-3H3,(H,18,19). The highest BCUT2D eigenvalue weighted by Crippen LogP contribution is 2.25. The zero-order valence-electron chi connectivity index (χ0n) is 13.3. The average Bonchev–Trinajstić information content (AvgIpc) is 2.49. The van der Waals surface area contributed by atoms with Crippen LogP contribution in [0.4, 0.5) is 5.69 Å². The van der Waals surface area contributed by atoms with Crippen LogP contribution in [0.5, 0.6) is 0 Å². The Morgan fingerprint density at radius 1 is 1.23 bits per heavy atom. The summed E-state index contributed by atoms with van der Waals surface area (Å²) in [6.07, 6.45) is 3.70. The van der Waals surface area contributed by atoms with E-state index in [-0.39, 0.29) is 24.1 Å². The van der Waals surface area contributed by atoms with Gasteiger partial charge in [0.05, 0.1) is 11.7 Å². The van der Waals surface area contributed by atoms with Crippen molar-refractivity contribution in [3.05, 3.63) is 29.3 Å². The number of methoxy groups -OCH3 is 1. The zero-order chi connectivity index (χ0) is 16.1. The summed E-state index contributed by atoms with van der Waals surface area (Å²) < 4.78 is 10.9. The number of amides is 1. The smallest absolute Gasteiger partial charge is 0.338 e. The minimum atomic E-state index is -0.353. The van der Waals surface area contributed by atoms with Crippen LogP contribution in [0.2, 0.25) is 0 Å². The highest BCUT2D eigenvalue weighted by atomic mass is 16.5. The summed E-state index contributed by atoms with van der Waals surface area (Å²) >= 11 is 0. The SMILES string of the molecule is COC1CCCC(OC(=O)c2ccc(C)c(NC(C)=O)c2)C1. The number of ether oxygens (including phenoxy) is 2. The Morgan fingerprint density at radius 2 is 1.95 bits per heavy atom. The topological polar surface area (TPSA) is 64.6 Å². The van der Waals surface area contributed by atoms with E-state index in [2.05, 4.69) is 5.32 Å². The molecule has 2 atom stereocenters. The van der Waals surface area contributed by atoms with Gasteiger partial charge in [0, 0.05) is 26.1 Å². The molecule has 0 heterocycles. The molecule has 0 aliphatic heterocycles. The highest BCUT2D eigenvalue weighted by molar-refractivity contribution is 5.94. The van der Waals surface area contributed by atoms with Gasteiger partial charge in [-0.15, -0.1) is 0 Å². The van der Waals surface area contributed by atoms with Crippen LogP contribution in [0.3, 0.4) is 0 Å². The van der Waals surface area contributed by atoms with Crippen LogP contribution in [0.1, 0.15) is 48.5 Å². The Labute approximate surface area is 131 Å². The lowest BCUT2D eigenvalue weighted by molar-refractivity contribution is -0.114. The summed E-state index contributed by atoms with van der Waals surface area (Å²) in [7, 11) is 1.69. The van der Waals surface area contributed by atoms with Gasteiger partial charge in [0.1, 0.15) is 6.10 Å². The fraction of sp³-hybridized carbons (Fsp3) is 0.529. The first kappa shape index (κ1) is 16.5. The van der Waals surface area contributed by atoms with Crippen molar-refractivity contribution in [2.45, 2.75) is 51.7 Å². The van der Waals surface area contributed by atoms with Crippen molar-refractivity contribution in [1.29, 1.82) is 0 Å². The highest BCUT2D eigenvalue weighted by Gasteiger charge is 2.25. The first-order valence-electron chi connectivity index (χ1n) is 7.61. The normalized spacial score (nSPS) is 21.2. The first-order chi connectivity index (χ1) is 10.5. The van der Waals surface area contributed by atoms with E-state index in [1.807, 2.05) is 6.92 Å². The van der Waals surface area contributed by atoms with Crippen molar-refractivity contribution in [2.24, 2.45) is 0 Å². The maximum atomic E-state index is 12.3. The second kappa shape index (κ2) is 7.40. The lowest BCUT2D eigenvalue weighted by Gasteiger charge is -2.28. The van der Waals surface area contributed by atoms with Crippen LogP contribution in [0.25, 0.3) is 0 Å². The summed E-state index contributed by atoms with van der Waals surface area (Å²) in [5.74, 6) is -0.516. The number of anilines is 1. The quantitative estimate of drug-likeness (QED) is 0.868. The van der Waals surface area contributed by atoms with Crippen molar-refractivity contribution in [2.75, 3.05) is 12.4 Å². The van der Waals surface area contributed by atoms with Gasteiger partial charge >= 0.3 is 5.97 Å². The first-order valence-corrected chi connectivity index (χ1v) is 7.61. The predicted molar refractivity (Wildman–Crippen MR) is 84.0 cm³/mol. The molecule has 2 unspecified atom stereocenters. The minimum absolute atomic E-state index is 0.100. The third-order valence-corrected chi connectivity index (χ3v) is 3.97. The van der Waals surface area contributed by atoms with E-state index in [0.29, 0.717) is 11.3 Å². The third-order valence-electron chi connectivity index (χ3n) is 3.97. The van der Waals surface area contributed by atoms with Gasteiger partial charge in [0.25, 0.3) is 0 Å². The summed E-state index contributed by atoms with van der Waals surface area (Å²) in [6.45, 7) is 3.32. The third kappa shape index (κ3) is 4.31. The number of esters is 1. The molecule has 1 saturated carbocycles. The molecular weight excluding hydrogens is 282 g/mol. The maximum Gasteiger partial charge on any atom is 0.338 e. The van der Waals surface area contributed by atoms with E-state index >= 15 is 0 Å². The molecule has 1 amide bonds. The van der Waals surface area contributed by atoms with E-state index in [1.54, 1.807) is 25.3 Å². The molecule has 22 heavy (non-hydrogen) atoms. The lowest BCUT2D eigenvalue weighted by Crippen LogP contribution is -2.29. The molecule has 0 spiro atoms. The molecular formula is C17H23NO4. The van der Waals surface area contributed by atoms with E-state index in [1.165, 1.54) is 6.92 Å². The lowest BCUT2D eigenvalue weighted by atomic mass is 9.95. The molecule has 0 bridgehead atoms. The number of hydrogen-bond acceptors (Lipinski definition) is 4. The van der Waals surface area contributed by atoms with Crippen molar-refractivity contribution < 1.29 is 19.1 Å². The van der Waals surface area contributed by atoms with Crippen LogP contribution >= 0.6 is 0 Å².